The van der Waals surface area contributed by atoms with Crippen LogP contribution in [0, 0.1) is 17.5 Å². The normalized spacial score (nSPS) is 14.4. The number of halogens is 3. The maximum Gasteiger partial charge on any atom is 0.209 e. The summed E-state index contributed by atoms with van der Waals surface area (Å²) in [6, 6.07) is 25.7. The van der Waals surface area contributed by atoms with Crippen LogP contribution in [0.2, 0.25) is 0 Å². The summed E-state index contributed by atoms with van der Waals surface area (Å²) < 4.78 is 126. The highest BCUT2D eigenvalue weighted by molar-refractivity contribution is 7.89. The minimum absolute atomic E-state index is 0.0367. The van der Waals surface area contributed by atoms with Crippen LogP contribution in [-0.4, -0.2) is 217 Å². The van der Waals surface area contributed by atoms with Crippen molar-refractivity contribution in [1.82, 2.24) is 134 Å². The van der Waals surface area contributed by atoms with E-state index in [2.05, 4.69) is 137 Å². The molecule has 3 fully saturated rings. The first-order valence-electron chi connectivity index (χ1n) is 42.2. The molecule has 34 nitrogen and oxygen atoms in total. The van der Waals surface area contributed by atoms with Crippen molar-refractivity contribution in [1.29, 1.82) is 0 Å². The number of likely N-dealkylation sites (tertiary alicyclic amines) is 2. The second-order valence-corrected chi connectivity index (χ2v) is 38.4. The Bertz CT molecular complexity index is 7420. The topological polar surface area (TPSA) is 446 Å². The van der Waals surface area contributed by atoms with Crippen molar-refractivity contribution in [3.63, 3.8) is 0 Å². The van der Waals surface area contributed by atoms with Crippen molar-refractivity contribution in [3.8, 4) is 101 Å². The lowest BCUT2D eigenvalue weighted by Gasteiger charge is -2.26. The molecule has 21 rings (SSSR count). The fraction of sp³-hybridized carbons (Fsp3) is 0.242. The number of ether oxygens (including phenoxy) is 1. The van der Waals surface area contributed by atoms with Crippen LogP contribution in [0.3, 0.4) is 0 Å². The number of nitrogens with one attached hydrogen (secondary N) is 9. The minimum Gasteiger partial charge on any atom is -0.379 e. The van der Waals surface area contributed by atoms with E-state index in [0.717, 1.165) is 152 Å². The lowest BCUT2D eigenvalue weighted by atomic mass is 10.0. The Hall–Kier alpha value is -13.8. The van der Waals surface area contributed by atoms with Crippen molar-refractivity contribution in [2.75, 3.05) is 71.2 Å². The van der Waals surface area contributed by atoms with E-state index < -0.39 is 47.5 Å². The van der Waals surface area contributed by atoms with Crippen LogP contribution in [0.25, 0.3) is 168 Å². The summed E-state index contributed by atoms with van der Waals surface area (Å²) in [7, 11) is -10.3. The highest BCUT2D eigenvalue weighted by Gasteiger charge is 2.25. The third-order valence-electron chi connectivity index (χ3n) is 22.9. The van der Waals surface area contributed by atoms with E-state index in [9.17, 15) is 38.4 Å². The lowest BCUT2D eigenvalue weighted by molar-refractivity contribution is 0.0341. The molecule has 0 saturated carbocycles. The highest BCUT2D eigenvalue weighted by atomic mass is 32.2. The van der Waals surface area contributed by atoms with E-state index in [4.69, 9.17) is 19.7 Å². The minimum atomic E-state index is -3.44. The van der Waals surface area contributed by atoms with Crippen molar-refractivity contribution in [2.24, 2.45) is 0 Å². The molecule has 0 amide bonds. The summed E-state index contributed by atoms with van der Waals surface area (Å²) in [5.41, 5.74) is 21.2. The van der Waals surface area contributed by atoms with Crippen LogP contribution in [0.15, 0.2) is 184 Å². The van der Waals surface area contributed by atoms with Crippen LogP contribution in [-0.2, 0) is 74.1 Å². The van der Waals surface area contributed by atoms with Gasteiger partial charge in [0.1, 0.15) is 34.5 Å². The van der Waals surface area contributed by atoms with Crippen molar-refractivity contribution in [2.45, 2.75) is 71.4 Å². The van der Waals surface area contributed by atoms with E-state index in [1.807, 2.05) is 55.4 Å². The second-order valence-electron chi connectivity index (χ2n) is 32.9. The van der Waals surface area contributed by atoms with Gasteiger partial charge < -0.3 is 19.7 Å². The first kappa shape index (κ1) is 86.6. The van der Waals surface area contributed by atoms with Gasteiger partial charge in [0.15, 0.2) is 34.4 Å². The number of morpholine rings is 1. The lowest BCUT2D eigenvalue weighted by Crippen LogP contribution is -2.35. The van der Waals surface area contributed by atoms with Crippen molar-refractivity contribution < 1.29 is 43.2 Å². The number of aromatic nitrogens is 21. The molecule has 0 bridgehead atoms. The Balaban J connectivity index is 0.000000127. The molecule has 666 valence electrons. The summed E-state index contributed by atoms with van der Waals surface area (Å²) in [4.78, 5) is 72.0. The summed E-state index contributed by atoms with van der Waals surface area (Å²) >= 11 is 0. The predicted molar refractivity (Wildman–Crippen MR) is 491 cm³/mol. The van der Waals surface area contributed by atoms with E-state index >= 15 is 0 Å². The Morgan fingerprint density at radius 1 is 0.328 bits per heavy atom. The van der Waals surface area contributed by atoms with Crippen molar-refractivity contribution in [3.05, 3.63) is 235 Å². The Kier molecular flexibility index (Phi) is 24.4. The van der Waals surface area contributed by atoms with Gasteiger partial charge in [-0.1, -0.05) is 6.42 Å². The average Bonchev–Trinajstić information content (AvgIpc) is 1.60. The van der Waals surface area contributed by atoms with E-state index in [1.165, 1.54) is 74.1 Å². The van der Waals surface area contributed by atoms with Gasteiger partial charge in [-0.3, -0.25) is 59.9 Å². The van der Waals surface area contributed by atoms with Gasteiger partial charge in [0, 0.05) is 177 Å². The molecule has 3 aliphatic rings. The monoisotopic (exact) mass is 1820 g/mol. The number of sulfonamides is 3. The van der Waals surface area contributed by atoms with Gasteiger partial charge >= 0.3 is 0 Å². The van der Waals surface area contributed by atoms with Crippen LogP contribution >= 0.6 is 0 Å². The largest absolute Gasteiger partial charge is 0.379 e. The number of rotatable bonds is 24. The molecule has 0 atom stereocenters. The number of benzene rings is 3. The number of imidazole rings is 3. The number of piperidine rings is 1. The first-order chi connectivity index (χ1) is 63.4. The fourth-order valence-electron chi connectivity index (χ4n) is 16.7. The molecule has 18 aromatic rings. The average molecular weight is 1820 g/mol. The van der Waals surface area contributed by atoms with Gasteiger partial charge in [0.2, 0.25) is 30.1 Å². The summed E-state index contributed by atoms with van der Waals surface area (Å²) in [5.74, 6) is 0.0958. The molecule has 3 saturated heterocycles. The number of H-pyrrole nitrogens is 6. The Morgan fingerprint density at radius 2 is 0.618 bits per heavy atom. The quantitative estimate of drug-likeness (QED) is 0.0271. The standard InChI is InChI=1S/C31H30FN9O2S.C30H28FN9O3S.C30H28FN9O2S/c1-44(42,43)36-13-19-7-21(10-24(32)9-19)26-16-34-17-27-28(26)38-31(37-27)29-25-11-23(15-35-30(25)40-39-29)22-8-20(12-33-14-22)18-41-5-3-2-4-6-41;1-44(41,42)35-12-18-6-20(9-23(31)8-18)25-15-33-16-26-27(25)37-30(36-26)28-24-10-22(14-34-29(24)39-38-28)21-7-19(11-32-13-21)17-40-2-4-43-5-3-40;1-43(41,42)35-12-18-6-20(9-23(31)8-18)25-15-33-16-26-27(25)37-30(36-26)28-24-10-22(14-34-29(24)39-38-28)21-7-19(11-32-13-21)17-40-4-2-3-5-40/h7-12,14-17,36H,2-6,13,18H2,1H3,(H,37,38)(H,35,39,40);6-11,13-16,35H,2-5,12,17H2,1H3,(H,36,37)(H,34,38,39);6-11,13-16,35H,2-5,12,17H2,1H3,(H,36,37)(H,34,38,39). The van der Waals surface area contributed by atoms with Gasteiger partial charge in [-0.05, 0) is 193 Å². The van der Waals surface area contributed by atoms with E-state index in [-0.39, 0.29) is 19.6 Å². The number of aromatic amines is 6. The SMILES string of the molecule is CS(=O)(=O)NCc1cc(F)cc(-c2cncc3[nH]c(-c4[nH]nc5ncc(-c6cncc(CN7CCCC7)c6)cc45)nc23)c1.CS(=O)(=O)NCc1cc(F)cc(-c2cncc3[nH]c(-c4[nH]nc5ncc(-c6cncc(CN7CCCCC7)c6)cc45)nc23)c1.CS(=O)(=O)NCc1cc(F)cc(-c2cncc3[nH]c(-c4[nH]nc5ncc(-c6cncc(CN7CCOCC7)c6)cc45)nc23)c1. The third kappa shape index (κ3) is 20.3. The number of nitrogens with zero attached hydrogens (tertiary/aromatic N) is 18. The molecule has 40 heteroatoms. The van der Waals surface area contributed by atoms with Crippen LogP contribution in [0.4, 0.5) is 13.2 Å². The van der Waals surface area contributed by atoms with E-state index in [1.54, 1.807) is 74.0 Å². The molecule has 0 radical (unpaired) electrons. The molecular formula is C91H86F3N27O7S3. The molecule has 9 N–H and O–H groups in total. The summed E-state index contributed by atoms with van der Waals surface area (Å²) in [6.07, 6.45) is 35.8. The summed E-state index contributed by atoms with van der Waals surface area (Å²) in [5, 5.41) is 24.7. The summed E-state index contributed by atoms with van der Waals surface area (Å²) in [6.45, 7) is 10.2. The third-order valence-corrected chi connectivity index (χ3v) is 24.9. The fourth-order valence-corrected chi connectivity index (χ4v) is 17.9. The number of pyridine rings is 9. The Morgan fingerprint density at radius 3 is 0.939 bits per heavy atom. The van der Waals surface area contributed by atoms with Gasteiger partial charge in [-0.15, -0.1) is 0 Å². The van der Waals surface area contributed by atoms with Gasteiger partial charge in [0.25, 0.3) is 0 Å². The smallest absolute Gasteiger partial charge is 0.209 e. The number of fused-ring (bicyclic) bond motifs is 6. The van der Waals surface area contributed by atoms with Gasteiger partial charge in [-0.25, -0.2) is 82.5 Å². The van der Waals surface area contributed by atoms with Crippen LogP contribution in [0.1, 0.15) is 65.5 Å². The zero-order valence-corrected chi connectivity index (χ0v) is 73.5. The predicted octanol–water partition coefficient (Wildman–Crippen LogP) is 12.9. The molecule has 0 unspecified atom stereocenters. The zero-order valence-electron chi connectivity index (χ0n) is 71.0. The molecule has 131 heavy (non-hydrogen) atoms. The van der Waals surface area contributed by atoms with Gasteiger partial charge in [0.05, 0.1) is 99.8 Å². The maximum absolute atomic E-state index is 14.6. The molecule has 3 aromatic carbocycles. The molecule has 0 aliphatic carbocycles. The first-order valence-corrected chi connectivity index (χ1v) is 47.9. The molecule has 0 spiro atoms. The van der Waals surface area contributed by atoms with Crippen LogP contribution in [0.5, 0.6) is 0 Å². The highest BCUT2D eigenvalue weighted by Crippen LogP contribution is 2.39. The molecular weight excluding hydrogens is 1740 g/mol. The number of hydrogen-bond donors (Lipinski definition) is 9. The van der Waals surface area contributed by atoms with Gasteiger partial charge in [-0.2, -0.15) is 15.3 Å². The molecule has 15 aromatic heterocycles. The maximum atomic E-state index is 14.6. The molecule has 18 heterocycles. The van der Waals surface area contributed by atoms with Crippen LogP contribution < -0.4 is 14.2 Å². The van der Waals surface area contributed by atoms with Crippen molar-refractivity contribution >= 4 is 96.3 Å². The molecule has 3 aliphatic heterocycles. The zero-order chi connectivity index (χ0) is 90.1. The van der Waals surface area contributed by atoms with E-state index in [0.29, 0.717) is 135 Å². The second kappa shape index (κ2) is 37.0. The number of hydrogen-bond acceptors (Lipinski definition) is 25. The Labute approximate surface area is 747 Å².